The molecule has 0 unspecified atom stereocenters. The van der Waals surface area contributed by atoms with E-state index in [2.05, 4.69) is 4.98 Å². The number of nitrogens with two attached hydrogens (primary N) is 1. The molecule has 0 atom stereocenters. The molecule has 1 heterocycles. The van der Waals surface area contributed by atoms with E-state index in [0.29, 0.717) is 17.3 Å². The molecule has 0 bridgehead atoms. The van der Waals surface area contributed by atoms with Gasteiger partial charge in [-0.05, 0) is 30.7 Å². The largest absolute Gasteiger partial charge is 0.487 e. The highest BCUT2D eigenvalue weighted by atomic mass is 16.6. The van der Waals surface area contributed by atoms with Gasteiger partial charge in [0.05, 0.1) is 16.7 Å². The van der Waals surface area contributed by atoms with E-state index in [-0.39, 0.29) is 12.3 Å². The predicted octanol–water partition coefficient (Wildman–Crippen LogP) is 2.46. The molecule has 6 nitrogen and oxygen atoms in total. The average Bonchev–Trinajstić information content (AvgIpc) is 2.37. The number of anilines is 1. The maximum absolute atomic E-state index is 10.7. The second kappa shape index (κ2) is 5.34. The number of rotatable bonds is 4. The van der Waals surface area contributed by atoms with Crippen LogP contribution < -0.4 is 10.5 Å². The number of ether oxygens (including phenoxy) is 1. The molecule has 0 spiro atoms. The van der Waals surface area contributed by atoms with Crippen molar-refractivity contribution in [3.8, 4) is 5.75 Å². The number of hydrogen-bond donors (Lipinski definition) is 1. The number of nitrogens with zero attached hydrogens (tertiary/aromatic N) is 2. The molecule has 19 heavy (non-hydrogen) atoms. The van der Waals surface area contributed by atoms with E-state index in [4.69, 9.17) is 10.5 Å². The summed E-state index contributed by atoms with van der Waals surface area (Å²) < 4.78 is 5.55. The first kappa shape index (κ1) is 12.8. The normalized spacial score (nSPS) is 10.2. The molecule has 1 aromatic heterocycles. The molecule has 0 fully saturated rings. The van der Waals surface area contributed by atoms with Gasteiger partial charge < -0.3 is 10.5 Å². The Morgan fingerprint density at radius 1 is 1.37 bits per heavy atom. The minimum absolute atomic E-state index is 0.00105. The molecule has 0 saturated carbocycles. The highest BCUT2D eigenvalue weighted by Crippen LogP contribution is 2.24. The molecule has 0 amide bonds. The Hall–Kier alpha value is -2.63. The number of pyridine rings is 1. The van der Waals surface area contributed by atoms with E-state index in [1.54, 1.807) is 24.3 Å². The molecule has 2 N–H and O–H groups in total. The van der Waals surface area contributed by atoms with Crippen LogP contribution in [0.2, 0.25) is 0 Å². The topological polar surface area (TPSA) is 91.3 Å². The van der Waals surface area contributed by atoms with Gasteiger partial charge in [0.15, 0.2) is 0 Å². The standard InChI is InChI=1S/C13H13N3O3/c1-9-5-6-11(16(17)18)7-12(9)19-8-10-3-2-4-13(14)15-10/h2-7H,8H2,1H3,(H2,14,15). The quantitative estimate of drug-likeness (QED) is 0.672. The van der Waals surface area contributed by atoms with Crippen LogP contribution in [0, 0.1) is 17.0 Å². The van der Waals surface area contributed by atoms with Crippen LogP contribution in [0.15, 0.2) is 36.4 Å². The predicted molar refractivity (Wildman–Crippen MR) is 70.8 cm³/mol. The highest BCUT2D eigenvalue weighted by Gasteiger charge is 2.09. The molecule has 0 saturated heterocycles. The van der Waals surface area contributed by atoms with Crippen molar-refractivity contribution in [2.45, 2.75) is 13.5 Å². The summed E-state index contributed by atoms with van der Waals surface area (Å²) >= 11 is 0. The molecule has 0 aliphatic carbocycles. The molecule has 2 rings (SSSR count). The summed E-state index contributed by atoms with van der Waals surface area (Å²) in [5, 5.41) is 10.7. The first-order chi connectivity index (χ1) is 9.06. The van der Waals surface area contributed by atoms with Gasteiger partial charge in [0.2, 0.25) is 0 Å². The fourth-order valence-electron chi connectivity index (χ4n) is 1.59. The number of benzene rings is 1. The summed E-state index contributed by atoms with van der Waals surface area (Å²) in [5.74, 6) is 0.885. The van der Waals surface area contributed by atoms with Crippen molar-refractivity contribution in [2.24, 2.45) is 0 Å². The second-order valence-corrected chi connectivity index (χ2v) is 4.05. The third-order valence-corrected chi connectivity index (χ3v) is 2.59. The van der Waals surface area contributed by atoms with E-state index in [0.717, 1.165) is 5.56 Å². The Labute approximate surface area is 110 Å². The van der Waals surface area contributed by atoms with Gasteiger partial charge in [-0.1, -0.05) is 6.07 Å². The molecule has 2 aromatic rings. The lowest BCUT2D eigenvalue weighted by molar-refractivity contribution is -0.385. The third kappa shape index (κ3) is 3.19. The van der Waals surface area contributed by atoms with Gasteiger partial charge in [0, 0.05) is 6.07 Å². The second-order valence-electron chi connectivity index (χ2n) is 4.05. The van der Waals surface area contributed by atoms with Crippen LogP contribution in [0.25, 0.3) is 0 Å². The monoisotopic (exact) mass is 259 g/mol. The van der Waals surface area contributed by atoms with Crippen LogP contribution in [-0.4, -0.2) is 9.91 Å². The Balaban J connectivity index is 2.15. The summed E-state index contributed by atoms with van der Waals surface area (Å²) in [7, 11) is 0. The lowest BCUT2D eigenvalue weighted by Gasteiger charge is -2.08. The minimum atomic E-state index is -0.453. The van der Waals surface area contributed by atoms with Crippen molar-refractivity contribution in [3.63, 3.8) is 0 Å². The number of nitrogen functional groups attached to an aromatic ring is 1. The fraction of sp³-hybridized carbons (Fsp3) is 0.154. The number of non-ortho nitro benzene ring substituents is 1. The van der Waals surface area contributed by atoms with Crippen LogP contribution in [0.5, 0.6) is 5.75 Å². The van der Waals surface area contributed by atoms with Gasteiger partial charge in [-0.25, -0.2) is 4.98 Å². The fourth-order valence-corrected chi connectivity index (χ4v) is 1.59. The maximum Gasteiger partial charge on any atom is 0.273 e. The van der Waals surface area contributed by atoms with Gasteiger partial charge in [-0.15, -0.1) is 0 Å². The molecule has 0 aliphatic heterocycles. The summed E-state index contributed by atoms with van der Waals surface area (Å²) in [6, 6.07) is 9.75. The summed E-state index contributed by atoms with van der Waals surface area (Å²) in [4.78, 5) is 14.3. The van der Waals surface area contributed by atoms with Crippen molar-refractivity contribution in [1.82, 2.24) is 4.98 Å². The Morgan fingerprint density at radius 2 is 2.16 bits per heavy atom. The number of hydrogen-bond acceptors (Lipinski definition) is 5. The van der Waals surface area contributed by atoms with Crippen molar-refractivity contribution in [3.05, 3.63) is 57.8 Å². The number of aryl methyl sites for hydroxylation is 1. The lowest BCUT2D eigenvalue weighted by Crippen LogP contribution is -2.01. The molecule has 0 aliphatic rings. The van der Waals surface area contributed by atoms with Crippen LogP contribution >= 0.6 is 0 Å². The van der Waals surface area contributed by atoms with Crippen molar-refractivity contribution < 1.29 is 9.66 Å². The Morgan fingerprint density at radius 3 is 2.84 bits per heavy atom. The highest BCUT2D eigenvalue weighted by molar-refractivity contribution is 5.43. The maximum atomic E-state index is 10.7. The molecule has 98 valence electrons. The van der Waals surface area contributed by atoms with Crippen LogP contribution in [-0.2, 0) is 6.61 Å². The Kier molecular flexibility index (Phi) is 3.61. The molecular weight excluding hydrogens is 246 g/mol. The van der Waals surface area contributed by atoms with Gasteiger partial charge in [0.25, 0.3) is 5.69 Å². The summed E-state index contributed by atoms with van der Waals surface area (Å²) in [6.07, 6.45) is 0. The number of nitro groups is 1. The zero-order valence-electron chi connectivity index (χ0n) is 10.4. The van der Waals surface area contributed by atoms with Crippen molar-refractivity contribution in [2.75, 3.05) is 5.73 Å². The zero-order valence-corrected chi connectivity index (χ0v) is 10.4. The lowest BCUT2D eigenvalue weighted by atomic mass is 10.2. The molecule has 1 aromatic carbocycles. The van der Waals surface area contributed by atoms with Gasteiger partial charge >= 0.3 is 0 Å². The van der Waals surface area contributed by atoms with Crippen molar-refractivity contribution >= 4 is 11.5 Å². The Bertz CT molecular complexity index is 614. The number of nitro benzene ring substituents is 1. The van der Waals surface area contributed by atoms with Crippen LogP contribution in [0.1, 0.15) is 11.3 Å². The third-order valence-electron chi connectivity index (χ3n) is 2.59. The molecular formula is C13H13N3O3. The van der Waals surface area contributed by atoms with E-state index in [1.807, 2.05) is 6.92 Å². The van der Waals surface area contributed by atoms with E-state index in [9.17, 15) is 10.1 Å². The smallest absolute Gasteiger partial charge is 0.273 e. The van der Waals surface area contributed by atoms with Crippen LogP contribution in [0.4, 0.5) is 11.5 Å². The summed E-state index contributed by atoms with van der Waals surface area (Å²) in [6.45, 7) is 2.04. The number of aromatic nitrogens is 1. The van der Waals surface area contributed by atoms with Gasteiger partial charge in [-0.2, -0.15) is 0 Å². The summed E-state index contributed by atoms with van der Waals surface area (Å²) in [5.41, 5.74) is 7.07. The van der Waals surface area contributed by atoms with Gasteiger partial charge in [-0.3, -0.25) is 10.1 Å². The average molecular weight is 259 g/mol. The molecule has 6 heteroatoms. The SMILES string of the molecule is Cc1ccc([N+](=O)[O-])cc1OCc1cccc(N)n1. The van der Waals surface area contributed by atoms with Crippen molar-refractivity contribution in [1.29, 1.82) is 0 Å². The first-order valence-corrected chi connectivity index (χ1v) is 5.65. The van der Waals surface area contributed by atoms with E-state index >= 15 is 0 Å². The van der Waals surface area contributed by atoms with E-state index in [1.165, 1.54) is 12.1 Å². The zero-order chi connectivity index (χ0) is 13.8. The minimum Gasteiger partial charge on any atom is -0.487 e. The van der Waals surface area contributed by atoms with Crippen LogP contribution in [0.3, 0.4) is 0 Å². The first-order valence-electron chi connectivity index (χ1n) is 5.65. The van der Waals surface area contributed by atoms with E-state index < -0.39 is 4.92 Å². The molecule has 0 radical (unpaired) electrons. The van der Waals surface area contributed by atoms with Gasteiger partial charge in [0.1, 0.15) is 18.2 Å².